The van der Waals surface area contributed by atoms with Crippen LogP contribution < -0.4 is 10.9 Å². The van der Waals surface area contributed by atoms with E-state index in [9.17, 15) is 9.59 Å². The summed E-state index contributed by atoms with van der Waals surface area (Å²) in [6, 6.07) is 7.48. The van der Waals surface area contributed by atoms with Gasteiger partial charge in [0.15, 0.2) is 5.82 Å². The molecule has 0 unspecified atom stereocenters. The molecule has 1 aromatic carbocycles. The molecule has 2 aromatic heterocycles. The molecule has 1 amide bonds. The number of carbonyl (C=O) groups is 1. The third-order valence-corrected chi connectivity index (χ3v) is 3.68. The average Bonchev–Trinajstić information content (AvgIpc) is 3.10. The lowest BCUT2D eigenvalue weighted by molar-refractivity contribution is 0.0951. The zero-order valence-electron chi connectivity index (χ0n) is 12.8. The Hall–Kier alpha value is -2.71. The van der Waals surface area contributed by atoms with E-state index in [2.05, 4.69) is 20.5 Å². The first-order valence-electron chi connectivity index (χ1n) is 7.20. The zero-order chi connectivity index (χ0) is 17.8. The normalized spacial score (nSPS) is 10.6. The lowest BCUT2D eigenvalue weighted by Crippen LogP contribution is -2.32. The summed E-state index contributed by atoms with van der Waals surface area (Å²) >= 11 is 11.8. The van der Waals surface area contributed by atoms with Crippen molar-refractivity contribution in [2.75, 3.05) is 6.54 Å². The van der Waals surface area contributed by atoms with Crippen LogP contribution >= 0.6 is 23.2 Å². The summed E-state index contributed by atoms with van der Waals surface area (Å²) in [4.78, 5) is 27.8. The van der Waals surface area contributed by atoms with Crippen LogP contribution in [-0.2, 0) is 6.54 Å². The Morgan fingerprint density at radius 1 is 1.16 bits per heavy atom. The van der Waals surface area contributed by atoms with Crippen LogP contribution in [0.15, 0.2) is 47.8 Å². The summed E-state index contributed by atoms with van der Waals surface area (Å²) in [5, 5.41) is 11.6. The third-order valence-electron chi connectivity index (χ3n) is 3.24. The van der Waals surface area contributed by atoms with Crippen molar-refractivity contribution in [3.8, 4) is 5.82 Å². The highest BCUT2D eigenvalue weighted by molar-refractivity contribution is 6.35. The number of hydrogen-bond donors (Lipinski definition) is 1. The molecular formula is C15H12Cl2N6O2. The van der Waals surface area contributed by atoms with Crippen molar-refractivity contribution < 1.29 is 4.79 Å². The van der Waals surface area contributed by atoms with Crippen LogP contribution in [0.3, 0.4) is 0 Å². The maximum Gasteiger partial charge on any atom is 0.266 e. The van der Waals surface area contributed by atoms with Gasteiger partial charge in [-0.1, -0.05) is 23.2 Å². The predicted molar refractivity (Wildman–Crippen MR) is 92.2 cm³/mol. The highest BCUT2D eigenvalue weighted by atomic mass is 35.5. The number of aromatic nitrogens is 5. The van der Waals surface area contributed by atoms with Gasteiger partial charge in [-0.3, -0.25) is 9.59 Å². The Balaban J connectivity index is 1.66. The summed E-state index contributed by atoms with van der Waals surface area (Å²) < 4.78 is 2.67. The molecule has 2 heterocycles. The third kappa shape index (κ3) is 4.23. The second kappa shape index (κ2) is 7.45. The lowest BCUT2D eigenvalue weighted by Gasteiger charge is -2.08. The van der Waals surface area contributed by atoms with Crippen molar-refractivity contribution in [1.82, 2.24) is 29.9 Å². The van der Waals surface area contributed by atoms with E-state index in [0.717, 1.165) is 0 Å². The number of halogens is 2. The molecule has 0 saturated heterocycles. The molecule has 1 N–H and O–H groups in total. The minimum atomic E-state index is -0.343. The van der Waals surface area contributed by atoms with Gasteiger partial charge in [-0.2, -0.15) is 5.10 Å². The Morgan fingerprint density at radius 2 is 1.92 bits per heavy atom. The van der Waals surface area contributed by atoms with Gasteiger partial charge < -0.3 is 5.32 Å². The molecule has 0 radical (unpaired) electrons. The fourth-order valence-electron chi connectivity index (χ4n) is 2.11. The van der Waals surface area contributed by atoms with Crippen LogP contribution in [0.5, 0.6) is 0 Å². The van der Waals surface area contributed by atoms with Crippen LogP contribution in [-0.4, -0.2) is 37.0 Å². The van der Waals surface area contributed by atoms with Gasteiger partial charge in [0.2, 0.25) is 0 Å². The molecule has 0 fully saturated rings. The van der Waals surface area contributed by atoms with E-state index >= 15 is 0 Å². The quantitative estimate of drug-likeness (QED) is 0.726. The molecule has 0 aliphatic rings. The van der Waals surface area contributed by atoms with Gasteiger partial charge in [-0.25, -0.2) is 14.3 Å². The van der Waals surface area contributed by atoms with E-state index in [1.165, 1.54) is 40.2 Å². The standard InChI is InChI=1S/C15H12Cl2N6O2/c16-11-5-10(6-12(17)7-11)15(25)19-3-4-22-14(24)2-1-13(21-22)23-9-18-8-20-23/h1-2,5-9H,3-4H2,(H,19,25). The SMILES string of the molecule is O=C(NCCn1nc(-n2cncn2)ccc1=O)c1cc(Cl)cc(Cl)c1. The molecular weight excluding hydrogens is 367 g/mol. The highest BCUT2D eigenvalue weighted by Gasteiger charge is 2.08. The van der Waals surface area contributed by atoms with Gasteiger partial charge in [0.25, 0.3) is 11.5 Å². The Bertz CT molecular complexity index is 935. The number of nitrogens with one attached hydrogen (secondary N) is 1. The van der Waals surface area contributed by atoms with Crippen molar-refractivity contribution in [3.05, 3.63) is 68.9 Å². The molecule has 25 heavy (non-hydrogen) atoms. The largest absolute Gasteiger partial charge is 0.350 e. The summed E-state index contributed by atoms with van der Waals surface area (Å²) in [6.45, 7) is 0.401. The van der Waals surface area contributed by atoms with Crippen LogP contribution in [0, 0.1) is 0 Å². The number of rotatable bonds is 5. The maximum atomic E-state index is 12.1. The van der Waals surface area contributed by atoms with Crippen LogP contribution in [0.25, 0.3) is 5.82 Å². The average molecular weight is 379 g/mol. The summed E-state index contributed by atoms with van der Waals surface area (Å²) in [7, 11) is 0. The Morgan fingerprint density at radius 3 is 2.60 bits per heavy atom. The minimum absolute atomic E-state index is 0.196. The minimum Gasteiger partial charge on any atom is -0.350 e. The number of amides is 1. The first-order valence-corrected chi connectivity index (χ1v) is 7.96. The van der Waals surface area contributed by atoms with Crippen LogP contribution in [0.4, 0.5) is 0 Å². The molecule has 0 bridgehead atoms. The van der Waals surface area contributed by atoms with E-state index in [0.29, 0.717) is 21.4 Å². The molecule has 8 nitrogen and oxygen atoms in total. The van der Waals surface area contributed by atoms with Gasteiger partial charge in [0.1, 0.15) is 12.7 Å². The van der Waals surface area contributed by atoms with Gasteiger partial charge in [-0.05, 0) is 24.3 Å². The monoisotopic (exact) mass is 378 g/mol. The van der Waals surface area contributed by atoms with Gasteiger partial charge in [0, 0.05) is 28.2 Å². The smallest absolute Gasteiger partial charge is 0.266 e. The van der Waals surface area contributed by atoms with Crippen molar-refractivity contribution in [3.63, 3.8) is 0 Å². The molecule has 0 aliphatic heterocycles. The van der Waals surface area contributed by atoms with Crippen LogP contribution in [0.1, 0.15) is 10.4 Å². The van der Waals surface area contributed by atoms with Crippen LogP contribution in [0.2, 0.25) is 10.0 Å². The van der Waals surface area contributed by atoms with Crippen molar-refractivity contribution in [2.24, 2.45) is 0 Å². The van der Waals surface area contributed by atoms with Gasteiger partial charge in [0.05, 0.1) is 6.54 Å². The Kier molecular flexibility index (Phi) is 5.11. The van der Waals surface area contributed by atoms with E-state index in [1.807, 2.05) is 0 Å². The van der Waals surface area contributed by atoms with E-state index in [4.69, 9.17) is 23.2 Å². The van der Waals surface area contributed by atoms with E-state index in [1.54, 1.807) is 12.1 Å². The first kappa shape index (κ1) is 17.1. The molecule has 128 valence electrons. The second-order valence-corrected chi connectivity index (χ2v) is 5.88. The number of benzene rings is 1. The molecule has 0 atom stereocenters. The molecule has 3 aromatic rings. The second-order valence-electron chi connectivity index (χ2n) is 5.01. The lowest BCUT2D eigenvalue weighted by atomic mass is 10.2. The number of hydrogen-bond acceptors (Lipinski definition) is 5. The predicted octanol–water partition coefficient (Wildman–Crippen LogP) is 1.56. The number of carbonyl (C=O) groups excluding carboxylic acids is 1. The van der Waals surface area contributed by atoms with Crippen molar-refractivity contribution in [1.29, 1.82) is 0 Å². The summed E-state index contributed by atoms with van der Waals surface area (Å²) in [5.41, 5.74) is 0.0538. The maximum absolute atomic E-state index is 12.1. The van der Waals surface area contributed by atoms with E-state index in [-0.39, 0.29) is 24.6 Å². The molecule has 0 spiro atoms. The molecule has 3 rings (SSSR count). The van der Waals surface area contributed by atoms with Crippen molar-refractivity contribution in [2.45, 2.75) is 6.54 Å². The van der Waals surface area contributed by atoms with Gasteiger partial charge in [-0.15, -0.1) is 5.10 Å². The van der Waals surface area contributed by atoms with Crippen molar-refractivity contribution >= 4 is 29.1 Å². The molecule has 0 aliphatic carbocycles. The van der Waals surface area contributed by atoms with Gasteiger partial charge >= 0.3 is 0 Å². The fraction of sp³-hybridized carbons (Fsp3) is 0.133. The Labute approximate surface area is 152 Å². The fourth-order valence-corrected chi connectivity index (χ4v) is 2.64. The summed E-state index contributed by atoms with van der Waals surface area (Å²) in [6.07, 6.45) is 2.84. The molecule has 0 saturated carbocycles. The highest BCUT2D eigenvalue weighted by Crippen LogP contribution is 2.18. The zero-order valence-corrected chi connectivity index (χ0v) is 14.3. The molecule has 10 heteroatoms. The number of nitrogens with zero attached hydrogens (tertiary/aromatic N) is 5. The summed E-state index contributed by atoms with van der Waals surface area (Å²) in [5.74, 6) is 0.106. The first-order chi connectivity index (χ1) is 12.0. The van der Waals surface area contributed by atoms with E-state index < -0.39 is 0 Å². The topological polar surface area (TPSA) is 94.7 Å².